The Kier molecular flexibility index (Phi) is 4.15. The van der Waals surface area contributed by atoms with Gasteiger partial charge in [0.15, 0.2) is 5.76 Å². The van der Waals surface area contributed by atoms with Gasteiger partial charge in [0.25, 0.3) is 5.91 Å². The van der Waals surface area contributed by atoms with E-state index in [1.807, 2.05) is 18.2 Å². The van der Waals surface area contributed by atoms with E-state index in [0.717, 1.165) is 5.39 Å². The zero-order valence-electron chi connectivity index (χ0n) is 13.1. The van der Waals surface area contributed by atoms with Gasteiger partial charge in [0, 0.05) is 17.1 Å². The van der Waals surface area contributed by atoms with E-state index in [1.165, 1.54) is 13.3 Å². The Morgan fingerprint density at radius 3 is 2.58 bits per heavy atom. The molecular weight excluding hydrogens is 310 g/mol. The van der Waals surface area contributed by atoms with Gasteiger partial charge in [-0.3, -0.25) is 20.4 Å². The molecule has 2 aromatic heterocycles. The van der Waals surface area contributed by atoms with Crippen LogP contribution in [0.15, 0.2) is 47.0 Å². The molecule has 7 heteroatoms. The fraction of sp³-hybridized carbons (Fsp3) is 0.118. The van der Waals surface area contributed by atoms with E-state index < -0.39 is 11.8 Å². The summed E-state index contributed by atoms with van der Waals surface area (Å²) >= 11 is 0. The van der Waals surface area contributed by atoms with Crippen molar-refractivity contribution in [3.05, 3.63) is 59.5 Å². The van der Waals surface area contributed by atoms with Gasteiger partial charge in [-0.1, -0.05) is 18.2 Å². The van der Waals surface area contributed by atoms with Crippen LogP contribution in [0, 0.1) is 6.92 Å². The Balaban J connectivity index is 1.75. The Labute approximate surface area is 137 Å². The molecule has 0 spiro atoms. The number of benzene rings is 1. The molecule has 0 unspecified atom stereocenters. The number of amides is 2. The van der Waals surface area contributed by atoms with E-state index in [-0.39, 0.29) is 17.2 Å². The van der Waals surface area contributed by atoms with Gasteiger partial charge in [-0.25, -0.2) is 4.98 Å². The fourth-order valence-corrected chi connectivity index (χ4v) is 2.35. The molecule has 0 fully saturated rings. The van der Waals surface area contributed by atoms with Crippen LogP contribution in [0.25, 0.3) is 11.0 Å². The molecule has 2 heterocycles. The van der Waals surface area contributed by atoms with Crippen molar-refractivity contribution in [2.75, 3.05) is 7.11 Å². The third kappa shape index (κ3) is 2.79. The van der Waals surface area contributed by atoms with Crippen LogP contribution in [0.3, 0.4) is 0 Å². The Morgan fingerprint density at radius 2 is 1.83 bits per heavy atom. The predicted molar refractivity (Wildman–Crippen MR) is 86.7 cm³/mol. The lowest BCUT2D eigenvalue weighted by Gasteiger charge is -2.08. The summed E-state index contributed by atoms with van der Waals surface area (Å²) in [6.45, 7) is 1.78. The van der Waals surface area contributed by atoms with Gasteiger partial charge in [-0.05, 0) is 25.1 Å². The highest BCUT2D eigenvalue weighted by atomic mass is 16.5. The molecule has 0 aliphatic heterocycles. The van der Waals surface area contributed by atoms with Crippen LogP contribution in [-0.2, 0) is 0 Å². The molecule has 2 N–H and O–H groups in total. The Bertz CT molecular complexity index is 917. The molecule has 0 saturated carbocycles. The van der Waals surface area contributed by atoms with Gasteiger partial charge >= 0.3 is 5.91 Å². The fourth-order valence-electron chi connectivity index (χ4n) is 2.35. The minimum Gasteiger partial charge on any atom is -0.480 e. The van der Waals surface area contributed by atoms with Crippen LogP contribution >= 0.6 is 0 Å². The van der Waals surface area contributed by atoms with Crippen LogP contribution in [0.1, 0.15) is 26.5 Å². The molecule has 24 heavy (non-hydrogen) atoms. The first-order valence-electron chi connectivity index (χ1n) is 7.19. The van der Waals surface area contributed by atoms with Gasteiger partial charge in [-0.2, -0.15) is 0 Å². The zero-order chi connectivity index (χ0) is 17.1. The number of carbonyl (C=O) groups excluding carboxylic acids is 2. The lowest BCUT2D eigenvalue weighted by atomic mass is 10.1. The second-order valence-corrected chi connectivity index (χ2v) is 5.02. The molecule has 0 aliphatic rings. The summed E-state index contributed by atoms with van der Waals surface area (Å²) in [6, 6.07) is 10.5. The highest BCUT2D eigenvalue weighted by Gasteiger charge is 2.19. The van der Waals surface area contributed by atoms with Crippen LogP contribution in [0.2, 0.25) is 0 Å². The number of fused-ring (bicyclic) bond motifs is 1. The molecule has 3 aromatic rings. The molecule has 0 atom stereocenters. The number of ether oxygens (including phenoxy) is 1. The first-order valence-corrected chi connectivity index (χ1v) is 7.19. The molecule has 1 aromatic carbocycles. The summed E-state index contributed by atoms with van der Waals surface area (Å²) in [5.74, 6) is -0.763. The van der Waals surface area contributed by atoms with E-state index in [4.69, 9.17) is 9.15 Å². The smallest absolute Gasteiger partial charge is 0.305 e. The summed E-state index contributed by atoms with van der Waals surface area (Å²) in [7, 11) is 1.41. The third-order valence-corrected chi connectivity index (χ3v) is 3.55. The molecular formula is C17H15N3O4. The number of nitrogens with zero attached hydrogens (tertiary/aromatic N) is 1. The van der Waals surface area contributed by atoms with Crippen molar-refractivity contribution in [2.24, 2.45) is 0 Å². The van der Waals surface area contributed by atoms with Crippen molar-refractivity contribution in [2.45, 2.75) is 6.92 Å². The Hall–Kier alpha value is -3.35. The van der Waals surface area contributed by atoms with Gasteiger partial charge in [0.1, 0.15) is 11.1 Å². The van der Waals surface area contributed by atoms with Gasteiger partial charge in [0.05, 0.1) is 7.11 Å². The van der Waals surface area contributed by atoms with E-state index in [0.29, 0.717) is 11.1 Å². The molecule has 0 saturated heterocycles. The van der Waals surface area contributed by atoms with Crippen LogP contribution in [-0.4, -0.2) is 23.9 Å². The zero-order valence-corrected chi connectivity index (χ0v) is 13.1. The normalized spacial score (nSPS) is 10.4. The number of methoxy groups -OCH3 is 1. The van der Waals surface area contributed by atoms with Crippen LogP contribution in [0.4, 0.5) is 0 Å². The maximum atomic E-state index is 12.3. The molecule has 0 radical (unpaired) electrons. The van der Waals surface area contributed by atoms with Gasteiger partial charge in [-0.15, -0.1) is 0 Å². The van der Waals surface area contributed by atoms with Crippen LogP contribution < -0.4 is 15.6 Å². The maximum Gasteiger partial charge on any atom is 0.305 e. The summed E-state index contributed by atoms with van der Waals surface area (Å²) in [5.41, 5.74) is 6.19. The van der Waals surface area contributed by atoms with Crippen molar-refractivity contribution in [1.29, 1.82) is 0 Å². The van der Waals surface area contributed by atoms with E-state index in [9.17, 15) is 9.59 Å². The number of hydrogen-bond acceptors (Lipinski definition) is 5. The minimum absolute atomic E-state index is 0.148. The summed E-state index contributed by atoms with van der Waals surface area (Å²) in [5, 5.41) is 0.850. The second-order valence-electron chi connectivity index (χ2n) is 5.02. The van der Waals surface area contributed by atoms with Crippen LogP contribution in [0.5, 0.6) is 5.88 Å². The molecule has 0 aliphatic carbocycles. The van der Waals surface area contributed by atoms with Crippen molar-refractivity contribution in [3.8, 4) is 5.88 Å². The number of aromatic nitrogens is 1. The number of aryl methyl sites for hydroxylation is 1. The summed E-state index contributed by atoms with van der Waals surface area (Å²) in [6.07, 6.45) is 1.51. The average molecular weight is 325 g/mol. The molecule has 0 bridgehead atoms. The SMILES string of the molecule is COc1ncccc1C(=O)NNC(=O)c1oc2ccccc2c1C. The van der Waals surface area contributed by atoms with E-state index in [1.54, 1.807) is 25.1 Å². The first-order chi connectivity index (χ1) is 11.6. The average Bonchev–Trinajstić information content (AvgIpc) is 2.96. The molecule has 7 nitrogen and oxygen atoms in total. The highest BCUT2D eigenvalue weighted by Crippen LogP contribution is 2.24. The number of pyridine rings is 1. The Morgan fingerprint density at radius 1 is 1.08 bits per heavy atom. The standard InChI is InChI=1S/C17H15N3O4/c1-10-11-6-3-4-8-13(11)24-14(10)16(22)20-19-15(21)12-7-5-9-18-17(12)23-2/h3-9H,1-2H3,(H,19,21)(H,20,22). The lowest BCUT2D eigenvalue weighted by molar-refractivity contribution is 0.0829. The van der Waals surface area contributed by atoms with Gasteiger partial charge in [0.2, 0.25) is 5.88 Å². The largest absolute Gasteiger partial charge is 0.480 e. The number of nitrogens with one attached hydrogen (secondary N) is 2. The second kappa shape index (κ2) is 6.41. The number of carbonyl (C=O) groups is 2. The highest BCUT2D eigenvalue weighted by molar-refractivity contribution is 6.02. The third-order valence-electron chi connectivity index (χ3n) is 3.55. The molecule has 2 amide bonds. The molecule has 122 valence electrons. The maximum absolute atomic E-state index is 12.3. The van der Waals surface area contributed by atoms with E-state index in [2.05, 4.69) is 15.8 Å². The minimum atomic E-state index is -0.542. The number of furan rings is 1. The summed E-state index contributed by atoms with van der Waals surface area (Å²) < 4.78 is 10.6. The molecule has 3 rings (SSSR count). The van der Waals surface area contributed by atoms with Crippen molar-refractivity contribution in [1.82, 2.24) is 15.8 Å². The summed E-state index contributed by atoms with van der Waals surface area (Å²) in [4.78, 5) is 28.3. The number of hydrazine groups is 1. The number of hydrogen-bond donors (Lipinski definition) is 2. The van der Waals surface area contributed by atoms with E-state index >= 15 is 0 Å². The quantitative estimate of drug-likeness (QED) is 0.720. The predicted octanol–water partition coefficient (Wildman–Crippen LogP) is 2.22. The monoisotopic (exact) mass is 325 g/mol. The number of rotatable bonds is 3. The number of para-hydroxylation sites is 1. The van der Waals surface area contributed by atoms with Crippen molar-refractivity contribution < 1.29 is 18.7 Å². The topological polar surface area (TPSA) is 93.5 Å². The first kappa shape index (κ1) is 15.5. The lowest BCUT2D eigenvalue weighted by Crippen LogP contribution is -2.41. The van der Waals surface area contributed by atoms with Crippen molar-refractivity contribution >= 4 is 22.8 Å². The van der Waals surface area contributed by atoms with Gasteiger partial charge < -0.3 is 9.15 Å². The van der Waals surface area contributed by atoms with Crippen molar-refractivity contribution in [3.63, 3.8) is 0 Å².